The number of nitrogens with one attached hydrogen (secondary N) is 3. The molecule has 2 aromatic carbocycles. The Hall–Kier alpha value is -4.69. The Morgan fingerprint density at radius 2 is 1.28 bits per heavy atom. The van der Waals surface area contributed by atoms with E-state index in [4.69, 9.17) is 28.7 Å². The number of hydrogen-bond donors (Lipinski definition) is 9. The molecule has 14 heteroatoms. The van der Waals surface area contributed by atoms with Gasteiger partial charge < -0.3 is 49.7 Å². The molecule has 4 amide bonds. The quantitative estimate of drug-likeness (QED) is 0.0534. The Morgan fingerprint density at radius 3 is 1.88 bits per heavy atom. The number of nitrogens with two attached hydrogens (primary N) is 5. The summed E-state index contributed by atoms with van der Waals surface area (Å²) >= 11 is 0. The second-order valence-electron chi connectivity index (χ2n) is 10.1. The second-order valence-corrected chi connectivity index (χ2v) is 10.1. The minimum absolute atomic E-state index is 0.0367. The average Bonchev–Trinajstić information content (AvgIpc) is 2.97. The lowest BCUT2D eigenvalue weighted by Crippen LogP contribution is -2.58. The van der Waals surface area contributed by atoms with Crippen LogP contribution < -0.4 is 44.6 Å². The summed E-state index contributed by atoms with van der Waals surface area (Å²) in [5.74, 6) is -2.61. The predicted molar refractivity (Wildman–Crippen MR) is 163 cm³/mol. The maximum absolute atomic E-state index is 13.5. The highest BCUT2D eigenvalue weighted by molar-refractivity contribution is 5.94. The van der Waals surface area contributed by atoms with Crippen molar-refractivity contribution in [1.29, 1.82) is 0 Å². The SMILES string of the molecule is NCCC[C@H](NC(=O)[C@H](Cc1ccc(O)cc1)NC(=O)[C@H](N)CCCN=C(N)N)C(=O)N[C@@H](Cc1ccccc1)C(N)=O. The van der Waals surface area contributed by atoms with Crippen molar-refractivity contribution in [1.82, 2.24) is 16.0 Å². The highest BCUT2D eigenvalue weighted by Crippen LogP contribution is 2.12. The molecule has 0 saturated heterocycles. The Labute approximate surface area is 250 Å². The van der Waals surface area contributed by atoms with Gasteiger partial charge in [-0.3, -0.25) is 24.2 Å². The van der Waals surface area contributed by atoms with Gasteiger partial charge in [0.15, 0.2) is 5.96 Å². The van der Waals surface area contributed by atoms with E-state index in [1.807, 2.05) is 6.07 Å². The molecule has 0 unspecified atom stereocenters. The van der Waals surface area contributed by atoms with Gasteiger partial charge in [-0.25, -0.2) is 0 Å². The number of guanidine groups is 1. The second kappa shape index (κ2) is 18.0. The number of rotatable bonds is 18. The average molecular weight is 598 g/mol. The highest BCUT2D eigenvalue weighted by Gasteiger charge is 2.30. The lowest BCUT2D eigenvalue weighted by molar-refractivity contribution is -0.133. The van der Waals surface area contributed by atoms with Gasteiger partial charge in [0.05, 0.1) is 6.04 Å². The van der Waals surface area contributed by atoms with Gasteiger partial charge in [-0.15, -0.1) is 0 Å². The topological polar surface area (TPSA) is 267 Å². The van der Waals surface area contributed by atoms with Crippen LogP contribution in [-0.2, 0) is 32.0 Å². The van der Waals surface area contributed by atoms with Crippen molar-refractivity contribution in [3.63, 3.8) is 0 Å². The Kier molecular flexibility index (Phi) is 14.4. The molecule has 4 atom stereocenters. The number of amides is 4. The third-order valence-corrected chi connectivity index (χ3v) is 6.59. The third kappa shape index (κ3) is 12.8. The van der Waals surface area contributed by atoms with Crippen molar-refractivity contribution in [3.8, 4) is 5.75 Å². The molecule has 14 nitrogen and oxygen atoms in total. The van der Waals surface area contributed by atoms with E-state index in [0.29, 0.717) is 18.4 Å². The summed E-state index contributed by atoms with van der Waals surface area (Å²) in [6.45, 7) is 0.542. The third-order valence-electron chi connectivity index (χ3n) is 6.59. The number of phenols is 1. The van der Waals surface area contributed by atoms with Crippen LogP contribution in [0.25, 0.3) is 0 Å². The Balaban J connectivity index is 2.19. The molecule has 0 aliphatic heterocycles. The first-order chi connectivity index (χ1) is 20.5. The van der Waals surface area contributed by atoms with Crippen LogP contribution >= 0.6 is 0 Å². The molecule has 0 radical (unpaired) electrons. The van der Waals surface area contributed by atoms with Gasteiger partial charge in [-0.05, 0) is 55.5 Å². The summed E-state index contributed by atoms with van der Waals surface area (Å²) < 4.78 is 0. The predicted octanol–water partition coefficient (Wildman–Crippen LogP) is -1.76. The summed E-state index contributed by atoms with van der Waals surface area (Å²) in [5, 5.41) is 17.6. The van der Waals surface area contributed by atoms with Crippen LogP contribution in [-0.4, -0.2) is 72.0 Å². The van der Waals surface area contributed by atoms with E-state index < -0.39 is 47.8 Å². The lowest BCUT2D eigenvalue weighted by atomic mass is 10.0. The Bertz CT molecular complexity index is 1220. The first-order valence-corrected chi connectivity index (χ1v) is 14.0. The fraction of sp³-hybridized carbons (Fsp3) is 0.414. The van der Waals surface area contributed by atoms with Crippen molar-refractivity contribution >= 4 is 29.6 Å². The number of hydrogen-bond acceptors (Lipinski definition) is 8. The minimum Gasteiger partial charge on any atom is -0.508 e. The number of carbonyl (C=O) groups excluding carboxylic acids is 4. The number of primary amides is 1. The largest absolute Gasteiger partial charge is 0.508 e. The maximum atomic E-state index is 13.5. The van der Waals surface area contributed by atoms with Gasteiger partial charge in [0.25, 0.3) is 0 Å². The zero-order valence-electron chi connectivity index (χ0n) is 24.1. The standard InChI is InChI=1S/C29H43N9O5/c30-14-4-9-22(27(42)37-23(25(32)40)16-18-6-2-1-3-7-18)36-28(43)24(17-19-10-12-20(39)13-11-19)38-26(41)21(31)8-5-15-35-29(33)34/h1-3,6-7,10-13,21-24,39H,4-5,8-9,14-17,30-31H2,(H2,32,40)(H,36,43)(H,37,42)(H,38,41)(H4,33,34,35)/t21-,22+,23+,24+/m1/s1. The van der Waals surface area contributed by atoms with E-state index in [1.54, 1.807) is 36.4 Å². The number of phenolic OH excluding ortho intramolecular Hbond substituents is 1. The van der Waals surface area contributed by atoms with E-state index in [0.717, 1.165) is 5.56 Å². The number of carbonyl (C=O) groups is 4. The smallest absolute Gasteiger partial charge is 0.243 e. The first-order valence-electron chi connectivity index (χ1n) is 14.0. The lowest BCUT2D eigenvalue weighted by Gasteiger charge is -2.25. The molecule has 0 aromatic heterocycles. The summed E-state index contributed by atoms with van der Waals surface area (Å²) in [7, 11) is 0. The molecule has 0 spiro atoms. The van der Waals surface area contributed by atoms with E-state index >= 15 is 0 Å². The molecule has 0 aliphatic carbocycles. The summed E-state index contributed by atoms with van der Waals surface area (Å²) in [4.78, 5) is 55.8. The molecule has 0 saturated carbocycles. The molecule has 2 rings (SSSR count). The van der Waals surface area contributed by atoms with Gasteiger partial charge in [0, 0.05) is 19.4 Å². The van der Waals surface area contributed by atoms with Crippen molar-refractivity contribution in [3.05, 3.63) is 65.7 Å². The van der Waals surface area contributed by atoms with Crippen LogP contribution in [0.3, 0.4) is 0 Å². The molecule has 0 heterocycles. The molecular weight excluding hydrogens is 554 g/mol. The molecular formula is C29H43N9O5. The van der Waals surface area contributed by atoms with Crippen LogP contribution in [0.5, 0.6) is 5.75 Å². The van der Waals surface area contributed by atoms with Crippen molar-refractivity contribution in [2.75, 3.05) is 13.1 Å². The van der Waals surface area contributed by atoms with Crippen molar-refractivity contribution in [2.24, 2.45) is 33.7 Å². The molecule has 14 N–H and O–H groups in total. The number of aliphatic imine (C=N–C) groups is 1. The monoisotopic (exact) mass is 597 g/mol. The molecule has 2 aromatic rings. The maximum Gasteiger partial charge on any atom is 0.243 e. The summed E-state index contributed by atoms with van der Waals surface area (Å²) in [6.07, 6.45) is 1.48. The molecule has 0 fully saturated rings. The molecule has 0 aliphatic rings. The number of benzene rings is 2. The highest BCUT2D eigenvalue weighted by atomic mass is 16.3. The zero-order chi connectivity index (χ0) is 31.8. The molecule has 234 valence electrons. The van der Waals surface area contributed by atoms with Crippen LogP contribution in [0.15, 0.2) is 59.6 Å². The Morgan fingerprint density at radius 1 is 0.721 bits per heavy atom. The number of aromatic hydroxyl groups is 1. The zero-order valence-corrected chi connectivity index (χ0v) is 24.1. The molecule has 43 heavy (non-hydrogen) atoms. The van der Waals surface area contributed by atoms with Crippen LogP contribution in [0.2, 0.25) is 0 Å². The summed E-state index contributed by atoms with van der Waals surface area (Å²) in [6, 6.07) is 11.0. The van der Waals surface area contributed by atoms with E-state index in [1.165, 1.54) is 12.1 Å². The number of nitrogens with zero attached hydrogens (tertiary/aromatic N) is 1. The first kappa shape index (κ1) is 34.5. The van der Waals surface area contributed by atoms with Gasteiger partial charge in [-0.1, -0.05) is 42.5 Å². The minimum atomic E-state index is -1.12. The van der Waals surface area contributed by atoms with Crippen molar-refractivity contribution in [2.45, 2.75) is 62.7 Å². The normalized spacial score (nSPS) is 13.5. The van der Waals surface area contributed by atoms with E-state index in [-0.39, 0.29) is 50.5 Å². The van der Waals surface area contributed by atoms with E-state index in [9.17, 15) is 24.3 Å². The van der Waals surface area contributed by atoms with E-state index in [2.05, 4.69) is 20.9 Å². The van der Waals surface area contributed by atoms with Gasteiger partial charge in [-0.2, -0.15) is 0 Å². The molecule has 0 bridgehead atoms. The fourth-order valence-electron chi connectivity index (χ4n) is 4.21. The van der Waals surface area contributed by atoms with Gasteiger partial charge in [0.2, 0.25) is 23.6 Å². The summed E-state index contributed by atoms with van der Waals surface area (Å²) in [5.41, 5.74) is 29.3. The van der Waals surface area contributed by atoms with Gasteiger partial charge >= 0.3 is 0 Å². The van der Waals surface area contributed by atoms with Crippen molar-refractivity contribution < 1.29 is 24.3 Å². The van der Waals surface area contributed by atoms with Crippen LogP contribution in [0.4, 0.5) is 0 Å². The van der Waals surface area contributed by atoms with Crippen LogP contribution in [0.1, 0.15) is 36.8 Å². The fourth-order valence-corrected chi connectivity index (χ4v) is 4.21. The van der Waals surface area contributed by atoms with Crippen LogP contribution in [0, 0.1) is 0 Å². The van der Waals surface area contributed by atoms with Gasteiger partial charge in [0.1, 0.15) is 23.9 Å².